The Morgan fingerprint density at radius 2 is 1.94 bits per heavy atom. The lowest BCUT2D eigenvalue weighted by Crippen LogP contribution is -2.42. The molecule has 3 N–H and O–H groups in total. The van der Waals surface area contributed by atoms with E-state index in [1.54, 1.807) is 12.3 Å². The highest BCUT2D eigenvalue weighted by atomic mass is 32.1. The summed E-state index contributed by atoms with van der Waals surface area (Å²) in [5, 5.41) is 17.1. The number of ether oxygens (including phenoxy) is 1. The highest BCUT2D eigenvalue weighted by Crippen LogP contribution is 2.30. The van der Waals surface area contributed by atoms with Crippen LogP contribution in [0, 0.1) is 6.92 Å². The molecule has 0 amide bonds. The van der Waals surface area contributed by atoms with E-state index in [4.69, 9.17) is 4.74 Å². The number of nitrogens with one attached hydrogen (secondary N) is 2. The lowest BCUT2D eigenvalue weighted by Gasteiger charge is -2.28. The van der Waals surface area contributed by atoms with Gasteiger partial charge >= 0.3 is 6.18 Å². The average molecular weight is 522 g/mol. The van der Waals surface area contributed by atoms with Gasteiger partial charge < -0.3 is 15.2 Å². The van der Waals surface area contributed by atoms with Gasteiger partial charge in [-0.05, 0) is 30.7 Å². The normalized spacial score (nSPS) is 15.8. The van der Waals surface area contributed by atoms with Crippen molar-refractivity contribution in [2.45, 2.75) is 19.2 Å². The number of nitrogens with zero attached hydrogens (tertiary/aromatic N) is 5. The molecule has 0 radical (unpaired) electrons. The SMILES string of the molecule is Cc1cnc(Nc2nc(/C=C/c3cccc(C(F)(F)F)c3)nc(NCC(O)CN3CCOCC3)n2)s1. The number of benzene rings is 1. The predicted molar refractivity (Wildman–Crippen MR) is 132 cm³/mol. The summed E-state index contributed by atoms with van der Waals surface area (Å²) in [5.74, 6) is 0.655. The van der Waals surface area contributed by atoms with E-state index in [1.165, 1.54) is 29.6 Å². The third kappa shape index (κ3) is 7.68. The molecule has 1 unspecified atom stereocenters. The van der Waals surface area contributed by atoms with E-state index in [0.717, 1.165) is 30.1 Å². The molecule has 13 heteroatoms. The van der Waals surface area contributed by atoms with E-state index in [0.29, 0.717) is 30.5 Å². The van der Waals surface area contributed by atoms with Gasteiger partial charge in [-0.2, -0.15) is 28.1 Å². The molecule has 1 atom stereocenters. The number of aryl methyl sites for hydroxylation is 1. The monoisotopic (exact) mass is 521 g/mol. The third-order valence-electron chi connectivity index (χ3n) is 5.20. The fourth-order valence-electron chi connectivity index (χ4n) is 3.45. The van der Waals surface area contributed by atoms with Gasteiger partial charge in [0.05, 0.1) is 24.9 Å². The lowest BCUT2D eigenvalue weighted by atomic mass is 10.1. The summed E-state index contributed by atoms with van der Waals surface area (Å²) < 4.78 is 44.4. The maximum atomic E-state index is 13.0. The molecule has 9 nitrogen and oxygen atoms in total. The van der Waals surface area contributed by atoms with Crippen molar-refractivity contribution in [1.29, 1.82) is 0 Å². The Morgan fingerprint density at radius 3 is 2.67 bits per heavy atom. The molecule has 192 valence electrons. The number of aromatic nitrogens is 4. The average Bonchev–Trinajstić information content (AvgIpc) is 3.26. The molecule has 0 bridgehead atoms. The Bertz CT molecular complexity index is 1180. The Morgan fingerprint density at radius 1 is 1.17 bits per heavy atom. The molecule has 1 fully saturated rings. The first-order valence-electron chi connectivity index (χ1n) is 11.3. The highest BCUT2D eigenvalue weighted by molar-refractivity contribution is 7.15. The fraction of sp³-hybridized carbons (Fsp3) is 0.391. The molecule has 3 aromatic rings. The van der Waals surface area contributed by atoms with Gasteiger partial charge in [0.25, 0.3) is 0 Å². The van der Waals surface area contributed by atoms with Crippen LogP contribution in [0.1, 0.15) is 21.8 Å². The van der Waals surface area contributed by atoms with Gasteiger partial charge in [-0.3, -0.25) is 10.2 Å². The van der Waals surface area contributed by atoms with E-state index >= 15 is 0 Å². The third-order valence-corrected chi connectivity index (χ3v) is 6.03. The quantitative estimate of drug-likeness (QED) is 0.389. The van der Waals surface area contributed by atoms with Gasteiger partial charge in [0.1, 0.15) is 0 Å². The number of thiazole rings is 1. The van der Waals surface area contributed by atoms with Gasteiger partial charge in [-0.1, -0.05) is 18.2 Å². The summed E-state index contributed by atoms with van der Waals surface area (Å²) >= 11 is 1.42. The molecule has 2 aromatic heterocycles. The van der Waals surface area contributed by atoms with Crippen LogP contribution in [-0.2, 0) is 10.9 Å². The lowest BCUT2D eigenvalue weighted by molar-refractivity contribution is -0.137. The molecule has 0 aliphatic carbocycles. The van der Waals surface area contributed by atoms with Crippen LogP contribution in [0.3, 0.4) is 0 Å². The van der Waals surface area contributed by atoms with Crippen LogP contribution in [0.15, 0.2) is 30.5 Å². The van der Waals surface area contributed by atoms with Gasteiger partial charge in [0, 0.05) is 37.3 Å². The van der Waals surface area contributed by atoms with E-state index in [-0.39, 0.29) is 24.3 Å². The van der Waals surface area contributed by atoms with Crippen LogP contribution in [0.5, 0.6) is 0 Å². The standard InChI is InChI=1S/C23H26F3N7O2S/c1-15-12-28-22(36-15)32-21-30-19(6-5-16-3-2-4-17(11-16)23(24,25)26)29-20(31-21)27-13-18(34)14-33-7-9-35-10-8-33/h2-6,11-12,18,34H,7-10,13-14H2,1H3,(H2,27,28,29,30,31,32)/b6-5+. The number of anilines is 3. The smallest absolute Gasteiger partial charge is 0.390 e. The second kappa shape index (κ2) is 11.7. The number of β-amino-alcohol motifs (C(OH)–C–C–N with tert-alkyl or cyclic N) is 1. The second-order valence-electron chi connectivity index (χ2n) is 8.15. The zero-order valence-corrected chi connectivity index (χ0v) is 20.3. The van der Waals surface area contributed by atoms with Gasteiger partial charge in [0.15, 0.2) is 11.0 Å². The van der Waals surface area contributed by atoms with Crippen LogP contribution < -0.4 is 10.6 Å². The molecule has 0 saturated carbocycles. The summed E-state index contributed by atoms with van der Waals surface area (Å²) in [5.41, 5.74) is -0.385. The van der Waals surface area contributed by atoms with Crippen molar-refractivity contribution < 1.29 is 23.0 Å². The summed E-state index contributed by atoms with van der Waals surface area (Å²) in [6, 6.07) is 4.97. The zero-order chi connectivity index (χ0) is 25.5. The van der Waals surface area contributed by atoms with Crippen molar-refractivity contribution in [3.05, 3.63) is 52.3 Å². The van der Waals surface area contributed by atoms with Gasteiger partial charge in [0.2, 0.25) is 11.9 Å². The van der Waals surface area contributed by atoms with E-state index in [9.17, 15) is 18.3 Å². The molecule has 1 aliphatic heterocycles. The number of aliphatic hydroxyl groups excluding tert-OH is 1. The zero-order valence-electron chi connectivity index (χ0n) is 19.5. The van der Waals surface area contributed by atoms with Crippen molar-refractivity contribution >= 4 is 40.5 Å². The minimum absolute atomic E-state index is 0.202. The first kappa shape index (κ1) is 25.9. The van der Waals surface area contributed by atoms with Gasteiger partial charge in [-0.25, -0.2) is 4.98 Å². The van der Waals surface area contributed by atoms with Crippen LogP contribution in [0.4, 0.5) is 30.2 Å². The van der Waals surface area contributed by atoms with E-state index in [1.807, 2.05) is 6.92 Å². The van der Waals surface area contributed by atoms with Crippen molar-refractivity contribution in [3.8, 4) is 0 Å². The summed E-state index contributed by atoms with van der Waals surface area (Å²) in [6.07, 6.45) is -0.380. The Kier molecular flexibility index (Phi) is 8.46. The fourth-order valence-corrected chi connectivity index (χ4v) is 4.11. The number of hydrogen-bond donors (Lipinski definition) is 3. The second-order valence-corrected chi connectivity index (χ2v) is 9.38. The van der Waals surface area contributed by atoms with Crippen LogP contribution in [-0.4, -0.2) is 75.4 Å². The molecule has 0 spiro atoms. The van der Waals surface area contributed by atoms with Crippen LogP contribution >= 0.6 is 11.3 Å². The molecular weight excluding hydrogens is 495 g/mol. The predicted octanol–water partition coefficient (Wildman–Crippen LogP) is 3.67. The molecule has 36 heavy (non-hydrogen) atoms. The van der Waals surface area contributed by atoms with Crippen molar-refractivity contribution in [3.63, 3.8) is 0 Å². The number of aliphatic hydroxyl groups is 1. The molecule has 1 saturated heterocycles. The Balaban J connectivity index is 1.50. The Labute approximate surface area is 210 Å². The number of morpholine rings is 1. The molecule has 1 aromatic carbocycles. The van der Waals surface area contributed by atoms with Crippen molar-refractivity contribution in [2.75, 3.05) is 50.0 Å². The summed E-state index contributed by atoms with van der Waals surface area (Å²) in [4.78, 5) is 20.4. The van der Waals surface area contributed by atoms with Crippen LogP contribution in [0.25, 0.3) is 12.2 Å². The summed E-state index contributed by atoms with van der Waals surface area (Å²) in [6.45, 7) is 5.40. The maximum absolute atomic E-state index is 13.0. The number of rotatable bonds is 9. The largest absolute Gasteiger partial charge is 0.416 e. The molecule has 3 heterocycles. The Hall–Kier alpha value is -3.13. The minimum atomic E-state index is -4.43. The number of halogens is 3. The maximum Gasteiger partial charge on any atom is 0.416 e. The minimum Gasteiger partial charge on any atom is -0.390 e. The van der Waals surface area contributed by atoms with Crippen LogP contribution in [0.2, 0.25) is 0 Å². The van der Waals surface area contributed by atoms with Crippen molar-refractivity contribution in [2.24, 2.45) is 0 Å². The molecule has 1 aliphatic rings. The molecule has 4 rings (SSSR count). The van der Waals surface area contributed by atoms with E-state index in [2.05, 4.69) is 35.5 Å². The highest BCUT2D eigenvalue weighted by Gasteiger charge is 2.30. The topological polar surface area (TPSA) is 108 Å². The number of hydrogen-bond acceptors (Lipinski definition) is 10. The van der Waals surface area contributed by atoms with Gasteiger partial charge in [-0.15, -0.1) is 11.3 Å². The van der Waals surface area contributed by atoms with E-state index < -0.39 is 17.8 Å². The molecular formula is C23H26F3N7O2S. The summed E-state index contributed by atoms with van der Waals surface area (Å²) in [7, 11) is 0. The first-order valence-corrected chi connectivity index (χ1v) is 12.1. The van der Waals surface area contributed by atoms with Crippen molar-refractivity contribution in [1.82, 2.24) is 24.8 Å². The number of alkyl halides is 3. The first-order chi connectivity index (χ1) is 17.2.